The van der Waals surface area contributed by atoms with Crippen LogP contribution in [0.15, 0.2) is 18.2 Å². The first kappa shape index (κ1) is 21.1. The summed E-state index contributed by atoms with van der Waals surface area (Å²) >= 11 is 0. The molecule has 3 rings (SSSR count). The molecule has 0 N–H and O–H groups in total. The summed E-state index contributed by atoms with van der Waals surface area (Å²) in [6, 6.07) is 4.81. The number of likely N-dealkylation sites (tertiary alicyclic amines) is 2. The van der Waals surface area contributed by atoms with Crippen molar-refractivity contribution in [2.75, 3.05) is 39.3 Å². The molecule has 4 nitrogen and oxygen atoms in total. The molecule has 2 fully saturated rings. The highest BCUT2D eigenvalue weighted by atomic mass is 19.3. The number of alkyl halides is 2. The first-order valence-corrected chi connectivity index (χ1v) is 10.1. The van der Waals surface area contributed by atoms with Gasteiger partial charge in [-0.15, -0.1) is 0 Å². The normalized spacial score (nSPS) is 23.1. The second kappa shape index (κ2) is 9.27. The van der Waals surface area contributed by atoms with E-state index in [-0.39, 0.29) is 49.6 Å². The lowest BCUT2D eigenvalue weighted by Gasteiger charge is -2.31. The van der Waals surface area contributed by atoms with Crippen LogP contribution in [0.25, 0.3) is 0 Å². The summed E-state index contributed by atoms with van der Waals surface area (Å²) in [4.78, 5) is 16.4. The maximum absolute atomic E-state index is 14.3. The highest BCUT2D eigenvalue weighted by Gasteiger charge is 2.34. The van der Waals surface area contributed by atoms with E-state index >= 15 is 0 Å². The van der Waals surface area contributed by atoms with Gasteiger partial charge in [0.1, 0.15) is 0 Å². The molecule has 0 radical (unpaired) electrons. The van der Waals surface area contributed by atoms with E-state index in [1.54, 1.807) is 11.0 Å². The summed E-state index contributed by atoms with van der Waals surface area (Å²) < 4.78 is 46.2. The number of rotatable bonds is 8. The predicted octanol–water partition coefficient (Wildman–Crippen LogP) is 3.99. The molecule has 2 heterocycles. The molecule has 1 unspecified atom stereocenters. The Bertz CT molecular complexity index is 674. The first-order chi connectivity index (χ1) is 13.3. The molecule has 0 spiro atoms. The predicted molar refractivity (Wildman–Crippen MR) is 102 cm³/mol. The molecule has 0 bridgehead atoms. The smallest absolute Gasteiger partial charge is 0.250 e. The third kappa shape index (κ3) is 5.70. The lowest BCUT2D eigenvalue weighted by Crippen LogP contribution is -2.41. The van der Waals surface area contributed by atoms with Crippen molar-refractivity contribution in [1.82, 2.24) is 9.80 Å². The van der Waals surface area contributed by atoms with Gasteiger partial charge in [-0.05, 0) is 50.9 Å². The zero-order valence-corrected chi connectivity index (χ0v) is 16.4. The van der Waals surface area contributed by atoms with Crippen molar-refractivity contribution < 1.29 is 22.7 Å². The Morgan fingerprint density at radius 2 is 2.00 bits per heavy atom. The van der Waals surface area contributed by atoms with E-state index < -0.39 is 11.7 Å². The van der Waals surface area contributed by atoms with Crippen molar-refractivity contribution in [1.29, 1.82) is 0 Å². The minimum atomic E-state index is -2.64. The van der Waals surface area contributed by atoms with Crippen LogP contribution in [0.1, 0.15) is 49.4 Å². The quantitative estimate of drug-likeness (QED) is 0.490. The summed E-state index contributed by atoms with van der Waals surface area (Å²) in [6.45, 7) is 5.09. The summed E-state index contributed by atoms with van der Waals surface area (Å²) in [7, 11) is 0. The SMILES string of the molecule is CC1CCCN1CCCOc1ccc(C(=O)CN2CCC(F)(F)CC2)cc1F. The molecule has 28 heavy (non-hydrogen) atoms. The third-order valence-corrected chi connectivity index (χ3v) is 5.75. The molecular weight excluding hydrogens is 369 g/mol. The van der Waals surface area contributed by atoms with Crippen LogP contribution < -0.4 is 4.74 Å². The number of ketones is 1. The van der Waals surface area contributed by atoms with Gasteiger partial charge in [0.15, 0.2) is 17.3 Å². The van der Waals surface area contributed by atoms with E-state index in [1.165, 1.54) is 25.0 Å². The van der Waals surface area contributed by atoms with Crippen molar-refractivity contribution in [3.63, 3.8) is 0 Å². The summed E-state index contributed by atoms with van der Waals surface area (Å²) in [5.41, 5.74) is 0.244. The van der Waals surface area contributed by atoms with E-state index in [4.69, 9.17) is 4.74 Å². The average molecular weight is 398 g/mol. The van der Waals surface area contributed by atoms with Crippen LogP contribution in [0.4, 0.5) is 13.2 Å². The molecule has 156 valence electrons. The van der Waals surface area contributed by atoms with Gasteiger partial charge in [0.05, 0.1) is 13.2 Å². The van der Waals surface area contributed by atoms with E-state index in [0.29, 0.717) is 12.6 Å². The number of carbonyl (C=O) groups is 1. The van der Waals surface area contributed by atoms with Crippen molar-refractivity contribution in [2.24, 2.45) is 0 Å². The lowest BCUT2D eigenvalue weighted by atomic mass is 10.1. The van der Waals surface area contributed by atoms with Crippen molar-refractivity contribution in [3.05, 3.63) is 29.6 Å². The maximum Gasteiger partial charge on any atom is 0.250 e. The van der Waals surface area contributed by atoms with E-state index in [1.807, 2.05) is 0 Å². The fraction of sp³-hybridized carbons (Fsp3) is 0.667. The van der Waals surface area contributed by atoms with Crippen molar-refractivity contribution in [3.8, 4) is 5.75 Å². The van der Waals surface area contributed by atoms with Gasteiger partial charge in [0, 0.05) is 44.1 Å². The lowest BCUT2D eigenvalue weighted by molar-refractivity contribution is -0.0536. The van der Waals surface area contributed by atoms with Gasteiger partial charge in [-0.2, -0.15) is 0 Å². The average Bonchev–Trinajstić information content (AvgIpc) is 3.06. The zero-order chi connectivity index (χ0) is 20.1. The molecule has 0 saturated carbocycles. The molecule has 1 atom stereocenters. The maximum atomic E-state index is 14.3. The van der Waals surface area contributed by atoms with Gasteiger partial charge < -0.3 is 9.64 Å². The monoisotopic (exact) mass is 398 g/mol. The fourth-order valence-corrected chi connectivity index (χ4v) is 3.90. The zero-order valence-electron chi connectivity index (χ0n) is 16.4. The highest BCUT2D eigenvalue weighted by molar-refractivity contribution is 5.97. The van der Waals surface area contributed by atoms with Crippen molar-refractivity contribution in [2.45, 2.75) is 51.0 Å². The highest BCUT2D eigenvalue weighted by Crippen LogP contribution is 2.28. The molecule has 0 amide bonds. The topological polar surface area (TPSA) is 32.8 Å². The van der Waals surface area contributed by atoms with Crippen LogP contribution in [0, 0.1) is 5.82 Å². The Morgan fingerprint density at radius 1 is 1.25 bits per heavy atom. The van der Waals surface area contributed by atoms with E-state index in [0.717, 1.165) is 19.5 Å². The molecule has 7 heteroatoms. The van der Waals surface area contributed by atoms with Crippen LogP contribution in [-0.4, -0.2) is 66.9 Å². The Labute approximate surface area is 164 Å². The number of carbonyl (C=O) groups excluding carboxylic acids is 1. The standard InChI is InChI=1S/C21H29F3N2O2/c1-16-4-2-9-26(16)10-3-13-28-20-6-5-17(14-18(20)22)19(27)15-25-11-7-21(23,24)8-12-25/h5-6,14,16H,2-4,7-13,15H2,1H3. The van der Waals surface area contributed by atoms with Crippen LogP contribution in [0.5, 0.6) is 5.75 Å². The minimum absolute atomic E-state index is 0.0315. The van der Waals surface area contributed by atoms with Crippen LogP contribution in [-0.2, 0) is 0 Å². The van der Waals surface area contributed by atoms with Crippen LogP contribution in [0.2, 0.25) is 0 Å². The molecule has 2 saturated heterocycles. The molecule has 1 aromatic rings. The molecular formula is C21H29F3N2O2. The largest absolute Gasteiger partial charge is 0.490 e. The summed E-state index contributed by atoms with van der Waals surface area (Å²) in [5, 5.41) is 0. The van der Waals surface area contributed by atoms with Gasteiger partial charge in [-0.25, -0.2) is 13.2 Å². The number of piperidine rings is 1. The van der Waals surface area contributed by atoms with Crippen LogP contribution in [0.3, 0.4) is 0 Å². The van der Waals surface area contributed by atoms with Gasteiger partial charge in [0.25, 0.3) is 5.92 Å². The fourth-order valence-electron chi connectivity index (χ4n) is 3.90. The summed E-state index contributed by atoms with van der Waals surface area (Å²) in [6.07, 6.45) is 2.80. The number of halogens is 3. The number of benzene rings is 1. The van der Waals surface area contributed by atoms with Gasteiger partial charge >= 0.3 is 0 Å². The van der Waals surface area contributed by atoms with Crippen molar-refractivity contribution >= 4 is 5.78 Å². The summed E-state index contributed by atoms with van der Waals surface area (Å²) in [5.74, 6) is -3.33. The molecule has 0 aromatic heterocycles. The Kier molecular flexibility index (Phi) is 6.99. The minimum Gasteiger partial charge on any atom is -0.490 e. The van der Waals surface area contributed by atoms with Gasteiger partial charge in [-0.3, -0.25) is 9.69 Å². The Morgan fingerprint density at radius 3 is 2.64 bits per heavy atom. The number of Topliss-reactive ketones (excluding diaryl/α,β-unsaturated/α-hetero) is 1. The molecule has 2 aliphatic heterocycles. The Balaban J connectivity index is 1.44. The molecule has 0 aliphatic carbocycles. The first-order valence-electron chi connectivity index (χ1n) is 10.1. The number of nitrogens with zero attached hydrogens (tertiary/aromatic N) is 2. The number of hydrogen-bond acceptors (Lipinski definition) is 4. The van der Waals surface area contributed by atoms with Gasteiger partial charge in [-0.1, -0.05) is 0 Å². The third-order valence-electron chi connectivity index (χ3n) is 5.75. The van der Waals surface area contributed by atoms with E-state index in [2.05, 4.69) is 11.8 Å². The molecule has 2 aliphatic rings. The van der Waals surface area contributed by atoms with Gasteiger partial charge in [0.2, 0.25) is 0 Å². The van der Waals surface area contributed by atoms with Crippen LogP contribution >= 0.6 is 0 Å². The second-order valence-electron chi connectivity index (χ2n) is 7.93. The number of ether oxygens (including phenoxy) is 1. The van der Waals surface area contributed by atoms with E-state index in [9.17, 15) is 18.0 Å². The molecule has 1 aromatic carbocycles. The second-order valence-corrected chi connectivity index (χ2v) is 7.93. The number of hydrogen-bond donors (Lipinski definition) is 0. The Hall–Kier alpha value is -1.60.